The Labute approximate surface area is 114 Å². The molecular weight excluding hydrogens is 242 g/mol. The first-order valence-corrected chi connectivity index (χ1v) is 6.46. The number of hydrogen-bond donors (Lipinski definition) is 1. The van der Waals surface area contributed by atoms with E-state index in [0.717, 1.165) is 12.8 Å². The molecule has 0 unspecified atom stereocenters. The molecule has 0 saturated heterocycles. The molecule has 0 bridgehead atoms. The van der Waals surface area contributed by atoms with Gasteiger partial charge in [0.25, 0.3) is 0 Å². The molecule has 0 aromatic heterocycles. The number of hydrogen-bond acceptors (Lipinski definition) is 4. The van der Waals surface area contributed by atoms with Gasteiger partial charge in [-0.05, 0) is 38.8 Å². The topological polar surface area (TPSA) is 62.5 Å². The number of rotatable bonds is 8. The maximum atomic E-state index is 8.92. The third-order valence-electron chi connectivity index (χ3n) is 2.70. The van der Waals surface area contributed by atoms with Crippen molar-refractivity contribution in [3.05, 3.63) is 24.3 Å². The molecule has 0 spiro atoms. The number of aliphatic hydroxyl groups is 1. The number of para-hydroxylation sites is 2. The monoisotopic (exact) mass is 263 g/mol. The molecule has 0 amide bonds. The molecule has 0 atom stereocenters. The van der Waals surface area contributed by atoms with E-state index < -0.39 is 0 Å². The van der Waals surface area contributed by atoms with E-state index in [0.29, 0.717) is 18.1 Å². The molecule has 19 heavy (non-hydrogen) atoms. The molecule has 1 aromatic rings. The fraction of sp³-hybridized carbons (Fsp3) is 0.533. The van der Waals surface area contributed by atoms with Crippen LogP contribution in [0.3, 0.4) is 0 Å². The highest BCUT2D eigenvalue weighted by Crippen LogP contribution is 2.27. The highest BCUT2D eigenvalue weighted by atomic mass is 16.5. The zero-order chi connectivity index (χ0) is 14.1. The van der Waals surface area contributed by atoms with E-state index in [1.165, 1.54) is 0 Å². The summed E-state index contributed by atoms with van der Waals surface area (Å²) in [5.41, 5.74) is -0.309. The van der Waals surface area contributed by atoms with Crippen LogP contribution in [0.5, 0.6) is 11.5 Å². The van der Waals surface area contributed by atoms with Gasteiger partial charge in [-0.2, -0.15) is 5.26 Å². The van der Waals surface area contributed by atoms with Crippen LogP contribution >= 0.6 is 0 Å². The second kappa shape index (κ2) is 7.65. The summed E-state index contributed by atoms with van der Waals surface area (Å²) in [5, 5.41) is 17.7. The maximum absolute atomic E-state index is 8.92. The number of nitrogens with zero attached hydrogens (tertiary/aromatic N) is 1. The molecule has 0 fully saturated rings. The van der Waals surface area contributed by atoms with Crippen molar-refractivity contribution in [1.29, 1.82) is 5.26 Å². The fourth-order valence-corrected chi connectivity index (χ4v) is 1.60. The summed E-state index contributed by atoms with van der Waals surface area (Å²) >= 11 is 0. The zero-order valence-corrected chi connectivity index (χ0v) is 11.6. The van der Waals surface area contributed by atoms with E-state index in [2.05, 4.69) is 6.07 Å². The Morgan fingerprint density at radius 1 is 1.16 bits per heavy atom. The Hall–Kier alpha value is -1.73. The van der Waals surface area contributed by atoms with Gasteiger partial charge >= 0.3 is 0 Å². The molecule has 104 valence electrons. The lowest BCUT2D eigenvalue weighted by molar-refractivity contribution is 0.192. The molecule has 0 saturated carbocycles. The second-order valence-electron chi connectivity index (χ2n) is 4.97. The second-order valence-corrected chi connectivity index (χ2v) is 4.97. The quantitative estimate of drug-likeness (QED) is 0.732. The van der Waals surface area contributed by atoms with Crippen LogP contribution in [-0.4, -0.2) is 24.9 Å². The van der Waals surface area contributed by atoms with E-state index in [1.807, 2.05) is 38.1 Å². The van der Waals surface area contributed by atoms with Crippen molar-refractivity contribution in [3.8, 4) is 17.6 Å². The lowest BCUT2D eigenvalue weighted by Gasteiger charge is -2.16. The minimum atomic E-state index is -0.309. The van der Waals surface area contributed by atoms with Gasteiger partial charge in [0.1, 0.15) is 6.61 Å². The smallest absolute Gasteiger partial charge is 0.161 e. The van der Waals surface area contributed by atoms with Gasteiger partial charge in [0.2, 0.25) is 0 Å². The van der Waals surface area contributed by atoms with Crippen molar-refractivity contribution in [2.24, 2.45) is 5.41 Å². The molecule has 0 aliphatic heterocycles. The molecule has 0 heterocycles. The van der Waals surface area contributed by atoms with E-state index in [-0.39, 0.29) is 18.6 Å². The summed E-state index contributed by atoms with van der Waals surface area (Å²) in [7, 11) is 0. The van der Waals surface area contributed by atoms with Crippen molar-refractivity contribution in [2.45, 2.75) is 26.7 Å². The SMILES string of the molecule is CC(C)(C#N)CCCOc1ccccc1OCCO. The van der Waals surface area contributed by atoms with Gasteiger partial charge in [0.15, 0.2) is 11.5 Å². The van der Waals surface area contributed by atoms with E-state index in [1.54, 1.807) is 0 Å². The van der Waals surface area contributed by atoms with Gasteiger partial charge in [-0.3, -0.25) is 0 Å². The Kier molecular flexibility index (Phi) is 6.17. The molecule has 0 aliphatic rings. The molecule has 0 aliphatic carbocycles. The normalized spacial score (nSPS) is 10.8. The first kappa shape index (κ1) is 15.3. The summed E-state index contributed by atoms with van der Waals surface area (Å²) in [4.78, 5) is 0. The minimum absolute atomic E-state index is 0.0231. The Morgan fingerprint density at radius 2 is 1.74 bits per heavy atom. The standard InChI is InChI=1S/C15H21NO3/c1-15(2,12-16)8-5-10-18-13-6-3-4-7-14(13)19-11-9-17/h3-4,6-7,17H,5,8-11H2,1-2H3. The van der Waals surface area contributed by atoms with Crippen molar-refractivity contribution in [3.63, 3.8) is 0 Å². The molecular formula is C15H21NO3. The molecule has 1 aromatic carbocycles. The number of benzene rings is 1. The number of ether oxygens (including phenoxy) is 2. The number of nitriles is 1. The van der Waals surface area contributed by atoms with Crippen molar-refractivity contribution in [2.75, 3.05) is 19.8 Å². The third-order valence-corrected chi connectivity index (χ3v) is 2.70. The van der Waals surface area contributed by atoms with E-state index >= 15 is 0 Å². The summed E-state index contributed by atoms with van der Waals surface area (Å²) in [6.07, 6.45) is 1.61. The lowest BCUT2D eigenvalue weighted by Crippen LogP contribution is -2.10. The summed E-state index contributed by atoms with van der Waals surface area (Å²) in [6, 6.07) is 9.65. The summed E-state index contributed by atoms with van der Waals surface area (Å²) < 4.78 is 11.0. The van der Waals surface area contributed by atoms with Crippen LogP contribution < -0.4 is 9.47 Å². The van der Waals surface area contributed by atoms with Crippen molar-refractivity contribution < 1.29 is 14.6 Å². The summed E-state index contributed by atoms with van der Waals surface area (Å²) in [6.45, 7) is 4.62. The fourth-order valence-electron chi connectivity index (χ4n) is 1.60. The molecule has 4 nitrogen and oxygen atoms in total. The minimum Gasteiger partial charge on any atom is -0.490 e. The molecule has 0 radical (unpaired) electrons. The summed E-state index contributed by atoms with van der Waals surface area (Å²) in [5.74, 6) is 1.31. The van der Waals surface area contributed by atoms with E-state index in [9.17, 15) is 0 Å². The van der Waals surface area contributed by atoms with E-state index in [4.69, 9.17) is 19.8 Å². The van der Waals surface area contributed by atoms with Crippen LogP contribution in [0.25, 0.3) is 0 Å². The van der Waals surface area contributed by atoms with Gasteiger partial charge in [0, 0.05) is 0 Å². The predicted molar refractivity (Wildman–Crippen MR) is 73.1 cm³/mol. The molecule has 1 rings (SSSR count). The largest absolute Gasteiger partial charge is 0.490 e. The highest BCUT2D eigenvalue weighted by Gasteiger charge is 2.15. The highest BCUT2D eigenvalue weighted by molar-refractivity contribution is 5.39. The Morgan fingerprint density at radius 3 is 2.26 bits per heavy atom. The van der Waals surface area contributed by atoms with Crippen LogP contribution in [-0.2, 0) is 0 Å². The lowest BCUT2D eigenvalue weighted by atomic mass is 9.90. The van der Waals surface area contributed by atoms with Gasteiger partial charge in [-0.1, -0.05) is 12.1 Å². The predicted octanol–water partition coefficient (Wildman–Crippen LogP) is 2.77. The van der Waals surface area contributed by atoms with Crippen molar-refractivity contribution in [1.82, 2.24) is 0 Å². The number of aliphatic hydroxyl groups excluding tert-OH is 1. The van der Waals surface area contributed by atoms with Gasteiger partial charge in [-0.25, -0.2) is 0 Å². The Balaban J connectivity index is 2.43. The zero-order valence-electron chi connectivity index (χ0n) is 11.6. The van der Waals surface area contributed by atoms with Crippen LogP contribution in [0.4, 0.5) is 0 Å². The average Bonchev–Trinajstić information content (AvgIpc) is 2.42. The van der Waals surface area contributed by atoms with Crippen LogP contribution in [0.2, 0.25) is 0 Å². The van der Waals surface area contributed by atoms with Crippen LogP contribution in [0.1, 0.15) is 26.7 Å². The van der Waals surface area contributed by atoms with Crippen LogP contribution in [0, 0.1) is 16.7 Å². The molecule has 1 N–H and O–H groups in total. The molecule has 4 heteroatoms. The Bertz CT molecular complexity index is 424. The van der Waals surface area contributed by atoms with Crippen molar-refractivity contribution >= 4 is 0 Å². The first-order chi connectivity index (χ1) is 9.09. The first-order valence-electron chi connectivity index (χ1n) is 6.46. The third kappa shape index (κ3) is 5.62. The van der Waals surface area contributed by atoms with Gasteiger partial charge < -0.3 is 14.6 Å². The van der Waals surface area contributed by atoms with Gasteiger partial charge in [-0.15, -0.1) is 0 Å². The maximum Gasteiger partial charge on any atom is 0.161 e. The van der Waals surface area contributed by atoms with Crippen LogP contribution in [0.15, 0.2) is 24.3 Å². The average molecular weight is 263 g/mol. The van der Waals surface area contributed by atoms with Gasteiger partial charge in [0.05, 0.1) is 24.7 Å².